The van der Waals surface area contributed by atoms with Crippen molar-refractivity contribution in [2.75, 3.05) is 6.54 Å². The van der Waals surface area contributed by atoms with Gasteiger partial charge in [0.25, 0.3) is 0 Å². The Balaban J connectivity index is 1.75. The molecule has 3 rings (SSSR count). The largest absolute Gasteiger partial charge is 0.314 e. The lowest BCUT2D eigenvalue weighted by molar-refractivity contribution is 0.399. The zero-order chi connectivity index (χ0) is 13.1. The molecule has 0 amide bonds. The summed E-state index contributed by atoms with van der Waals surface area (Å²) in [5, 5.41) is 12.2. The summed E-state index contributed by atoms with van der Waals surface area (Å²) in [5.74, 6) is 0. The van der Waals surface area contributed by atoms with E-state index in [1.54, 1.807) is 11.0 Å². The number of hydrogen-bond acceptors (Lipinski definition) is 3. The number of aromatic nitrogens is 3. The average Bonchev–Trinajstić information content (AvgIpc) is 2.87. The van der Waals surface area contributed by atoms with Crippen molar-refractivity contribution in [1.82, 2.24) is 20.3 Å². The molecule has 2 aromatic rings. The van der Waals surface area contributed by atoms with Crippen molar-refractivity contribution >= 4 is 0 Å². The molecule has 0 bridgehead atoms. The molecule has 0 spiro atoms. The lowest BCUT2D eigenvalue weighted by Gasteiger charge is -2.23. The van der Waals surface area contributed by atoms with E-state index in [1.807, 2.05) is 6.92 Å². The fourth-order valence-corrected chi connectivity index (χ4v) is 2.65. The topological polar surface area (TPSA) is 42.7 Å². The van der Waals surface area contributed by atoms with Crippen LogP contribution >= 0.6 is 0 Å². The van der Waals surface area contributed by atoms with Crippen LogP contribution in [-0.4, -0.2) is 27.6 Å². The van der Waals surface area contributed by atoms with Crippen LogP contribution < -0.4 is 5.32 Å². The third-order valence-corrected chi connectivity index (χ3v) is 3.64. The van der Waals surface area contributed by atoms with Crippen molar-refractivity contribution in [3.05, 3.63) is 41.7 Å². The van der Waals surface area contributed by atoms with Crippen LogP contribution in [-0.2, 0) is 6.42 Å². The maximum Gasteiger partial charge on any atom is 0.0859 e. The highest BCUT2D eigenvalue weighted by atomic mass is 15.5. The van der Waals surface area contributed by atoms with E-state index in [4.69, 9.17) is 0 Å². The Bertz CT molecular complexity index is 541. The number of nitrogens with one attached hydrogen (secondary N) is 1. The van der Waals surface area contributed by atoms with Gasteiger partial charge in [-0.05, 0) is 50.4 Å². The van der Waals surface area contributed by atoms with Gasteiger partial charge in [0.2, 0.25) is 0 Å². The predicted octanol–water partition coefficient (Wildman–Crippen LogP) is 2.26. The van der Waals surface area contributed by atoms with Gasteiger partial charge < -0.3 is 5.32 Å². The van der Waals surface area contributed by atoms with Crippen LogP contribution in [0, 0.1) is 6.92 Å². The third-order valence-electron chi connectivity index (χ3n) is 3.64. The summed E-state index contributed by atoms with van der Waals surface area (Å²) in [4.78, 5) is 1.70. The van der Waals surface area contributed by atoms with Gasteiger partial charge in [-0.2, -0.15) is 15.0 Å². The van der Waals surface area contributed by atoms with Crippen molar-refractivity contribution in [2.24, 2.45) is 0 Å². The summed E-state index contributed by atoms with van der Waals surface area (Å²) in [5.41, 5.74) is 3.34. The van der Waals surface area contributed by atoms with Gasteiger partial charge in [-0.25, -0.2) is 0 Å². The summed E-state index contributed by atoms with van der Waals surface area (Å²) in [7, 11) is 0. The van der Waals surface area contributed by atoms with E-state index in [1.165, 1.54) is 24.8 Å². The number of nitrogens with zero attached hydrogens (tertiary/aromatic N) is 3. The highest BCUT2D eigenvalue weighted by Crippen LogP contribution is 2.15. The molecule has 1 fully saturated rings. The molecular weight excluding hydrogens is 236 g/mol. The summed E-state index contributed by atoms with van der Waals surface area (Å²) in [6.45, 7) is 3.11. The molecule has 100 valence electrons. The van der Waals surface area contributed by atoms with Crippen LogP contribution in [0.4, 0.5) is 0 Å². The Morgan fingerprint density at radius 1 is 1.37 bits per heavy atom. The summed E-state index contributed by atoms with van der Waals surface area (Å²) in [6.07, 6.45) is 6.82. The summed E-state index contributed by atoms with van der Waals surface area (Å²) >= 11 is 0. The smallest absolute Gasteiger partial charge is 0.0859 e. The predicted molar refractivity (Wildman–Crippen MR) is 75.4 cm³/mol. The van der Waals surface area contributed by atoms with Gasteiger partial charge in [-0.1, -0.05) is 18.6 Å². The van der Waals surface area contributed by atoms with Crippen molar-refractivity contribution in [3.8, 4) is 5.69 Å². The molecule has 1 unspecified atom stereocenters. The standard InChI is InChI=1S/C15H20N4/c1-12-11-17-19(18-12)15-7-4-5-13(10-15)9-14-6-2-3-8-16-14/h4-5,7,10-11,14,16H,2-3,6,8-9H2,1H3. The zero-order valence-corrected chi connectivity index (χ0v) is 11.3. The van der Waals surface area contributed by atoms with E-state index in [9.17, 15) is 0 Å². The van der Waals surface area contributed by atoms with Crippen LogP contribution in [0.3, 0.4) is 0 Å². The van der Waals surface area contributed by atoms with Crippen LogP contribution in [0.25, 0.3) is 5.69 Å². The van der Waals surface area contributed by atoms with Crippen molar-refractivity contribution in [2.45, 2.75) is 38.6 Å². The van der Waals surface area contributed by atoms with Crippen LogP contribution in [0.5, 0.6) is 0 Å². The van der Waals surface area contributed by atoms with Gasteiger partial charge in [0.1, 0.15) is 0 Å². The van der Waals surface area contributed by atoms with Gasteiger partial charge >= 0.3 is 0 Å². The quantitative estimate of drug-likeness (QED) is 0.916. The monoisotopic (exact) mass is 256 g/mol. The molecule has 1 aromatic heterocycles. The number of hydrogen-bond donors (Lipinski definition) is 1. The first-order valence-corrected chi connectivity index (χ1v) is 7.03. The van der Waals surface area contributed by atoms with E-state index in [0.29, 0.717) is 6.04 Å². The molecule has 0 aliphatic carbocycles. The second-order valence-corrected chi connectivity index (χ2v) is 5.30. The number of piperidine rings is 1. The van der Waals surface area contributed by atoms with Gasteiger partial charge in [0.15, 0.2) is 0 Å². The van der Waals surface area contributed by atoms with Crippen molar-refractivity contribution in [1.29, 1.82) is 0 Å². The molecule has 1 aliphatic rings. The van der Waals surface area contributed by atoms with Gasteiger partial charge in [-0.3, -0.25) is 0 Å². The second kappa shape index (κ2) is 5.53. The summed E-state index contributed by atoms with van der Waals surface area (Å²) in [6, 6.07) is 9.14. The molecular formula is C15H20N4. The Labute approximate surface area is 113 Å². The van der Waals surface area contributed by atoms with Crippen molar-refractivity contribution in [3.63, 3.8) is 0 Å². The molecule has 1 aliphatic heterocycles. The van der Waals surface area contributed by atoms with Crippen molar-refractivity contribution < 1.29 is 0 Å². The second-order valence-electron chi connectivity index (χ2n) is 5.30. The first-order chi connectivity index (χ1) is 9.31. The number of benzene rings is 1. The molecule has 4 nitrogen and oxygen atoms in total. The Kier molecular flexibility index (Phi) is 3.60. The maximum atomic E-state index is 4.36. The van der Waals surface area contributed by atoms with Crippen LogP contribution in [0.15, 0.2) is 30.5 Å². The maximum absolute atomic E-state index is 4.36. The van der Waals surface area contributed by atoms with E-state index < -0.39 is 0 Å². The van der Waals surface area contributed by atoms with Gasteiger partial charge in [0.05, 0.1) is 17.6 Å². The average molecular weight is 256 g/mol. The molecule has 1 atom stereocenters. The van der Waals surface area contributed by atoms with E-state index in [-0.39, 0.29) is 0 Å². The normalized spacial score (nSPS) is 19.5. The van der Waals surface area contributed by atoms with E-state index in [2.05, 4.69) is 39.8 Å². The zero-order valence-electron chi connectivity index (χ0n) is 11.3. The van der Waals surface area contributed by atoms with E-state index >= 15 is 0 Å². The number of aryl methyl sites for hydroxylation is 1. The summed E-state index contributed by atoms with van der Waals surface area (Å²) < 4.78 is 0. The lowest BCUT2D eigenvalue weighted by Crippen LogP contribution is -2.35. The van der Waals surface area contributed by atoms with Gasteiger partial charge in [-0.15, -0.1) is 0 Å². The molecule has 2 heterocycles. The van der Waals surface area contributed by atoms with E-state index in [0.717, 1.165) is 24.3 Å². The fourth-order valence-electron chi connectivity index (χ4n) is 2.65. The fraction of sp³-hybridized carbons (Fsp3) is 0.467. The Hall–Kier alpha value is -1.68. The highest BCUT2D eigenvalue weighted by Gasteiger charge is 2.13. The number of rotatable bonds is 3. The molecule has 19 heavy (non-hydrogen) atoms. The first-order valence-electron chi connectivity index (χ1n) is 7.03. The minimum atomic E-state index is 0.622. The molecule has 4 heteroatoms. The van der Waals surface area contributed by atoms with Crippen LogP contribution in [0.2, 0.25) is 0 Å². The lowest BCUT2D eigenvalue weighted by atomic mass is 9.97. The molecule has 0 radical (unpaired) electrons. The van der Waals surface area contributed by atoms with Gasteiger partial charge in [0, 0.05) is 6.04 Å². The molecule has 1 saturated heterocycles. The third kappa shape index (κ3) is 3.01. The SMILES string of the molecule is Cc1cnn(-c2cccc(CC3CCCCN3)c2)n1. The molecule has 1 N–H and O–H groups in total. The first kappa shape index (κ1) is 12.4. The highest BCUT2D eigenvalue weighted by molar-refractivity contribution is 5.34. The van der Waals surface area contributed by atoms with Crippen LogP contribution in [0.1, 0.15) is 30.5 Å². The molecule has 0 saturated carbocycles. The Morgan fingerprint density at radius 2 is 2.32 bits per heavy atom. The molecule has 1 aromatic carbocycles. The Morgan fingerprint density at radius 3 is 3.05 bits per heavy atom. The minimum absolute atomic E-state index is 0.622. The minimum Gasteiger partial charge on any atom is -0.314 e.